The number of ether oxygens (including phenoxy) is 2. The summed E-state index contributed by atoms with van der Waals surface area (Å²) < 4.78 is 18.0. The van der Waals surface area contributed by atoms with Gasteiger partial charge in [-0.3, -0.25) is 9.98 Å². The zero-order chi connectivity index (χ0) is 29.2. The SMILES string of the molecule is CC(C)N=C(N)c1ccc(OCCCCCCOc2cccc(-c3cc4cc(C(N)=NC(C)C)ccc4o3)c2)cc1.Cl.Cl. The molecule has 0 aliphatic carbocycles. The normalized spacial score (nSPS) is 11.9. The van der Waals surface area contributed by atoms with Crippen molar-refractivity contribution in [3.8, 4) is 22.8 Å². The quantitative estimate of drug-likeness (QED) is 0.0833. The third-order valence-corrected chi connectivity index (χ3v) is 6.45. The Morgan fingerprint density at radius 2 is 1.26 bits per heavy atom. The molecule has 7 nitrogen and oxygen atoms in total. The minimum absolute atomic E-state index is 0. The van der Waals surface area contributed by atoms with Gasteiger partial charge >= 0.3 is 0 Å². The van der Waals surface area contributed by atoms with Crippen molar-refractivity contribution in [3.05, 3.63) is 83.9 Å². The van der Waals surface area contributed by atoms with Gasteiger partial charge in [-0.25, -0.2) is 0 Å². The minimum atomic E-state index is 0. The molecular weight excluding hydrogens is 583 g/mol. The average Bonchev–Trinajstić information content (AvgIpc) is 3.38. The third-order valence-electron chi connectivity index (χ3n) is 6.45. The molecule has 4 rings (SSSR count). The van der Waals surface area contributed by atoms with E-state index in [1.165, 1.54) is 0 Å². The predicted octanol–water partition coefficient (Wildman–Crippen LogP) is 8.19. The fraction of sp³-hybridized carbons (Fsp3) is 0.353. The smallest absolute Gasteiger partial charge is 0.135 e. The molecule has 4 N–H and O–H groups in total. The van der Waals surface area contributed by atoms with E-state index in [2.05, 4.69) is 9.98 Å². The standard InChI is InChI=1S/C34H42N4O3.2ClH/c1-23(2)37-33(35)25-12-15-29(16-13-25)39-18-7-5-6-8-19-40-30-11-9-10-26(21-30)32-22-28-20-27(14-17-31(28)41-32)34(36)38-24(3)4;;/h9-17,20-24H,5-8,18-19H2,1-4H3,(H2,35,37)(H2,36,38);2*1H. The highest BCUT2D eigenvalue weighted by molar-refractivity contribution is 6.01. The molecule has 0 amide bonds. The van der Waals surface area contributed by atoms with Crippen LogP contribution in [0.25, 0.3) is 22.3 Å². The highest BCUT2D eigenvalue weighted by Gasteiger charge is 2.10. The van der Waals surface area contributed by atoms with Crippen molar-refractivity contribution in [2.45, 2.75) is 65.5 Å². The van der Waals surface area contributed by atoms with Gasteiger partial charge in [0.2, 0.25) is 0 Å². The van der Waals surface area contributed by atoms with Crippen LogP contribution in [-0.4, -0.2) is 37.0 Å². The summed E-state index contributed by atoms with van der Waals surface area (Å²) in [4.78, 5) is 8.83. The van der Waals surface area contributed by atoms with Gasteiger partial charge in [-0.15, -0.1) is 24.8 Å². The van der Waals surface area contributed by atoms with Gasteiger partial charge < -0.3 is 25.4 Å². The van der Waals surface area contributed by atoms with Crippen molar-refractivity contribution in [3.63, 3.8) is 0 Å². The summed E-state index contributed by atoms with van der Waals surface area (Å²) in [5.74, 6) is 3.58. The summed E-state index contributed by atoms with van der Waals surface area (Å²) >= 11 is 0. The predicted molar refractivity (Wildman–Crippen MR) is 184 cm³/mol. The van der Waals surface area contributed by atoms with Gasteiger partial charge in [-0.2, -0.15) is 0 Å². The van der Waals surface area contributed by atoms with Crippen LogP contribution >= 0.6 is 24.8 Å². The number of nitrogens with two attached hydrogens (primary N) is 2. The molecule has 0 atom stereocenters. The second-order valence-corrected chi connectivity index (χ2v) is 10.7. The third kappa shape index (κ3) is 10.8. The number of furan rings is 1. The molecule has 0 fully saturated rings. The Bertz CT molecular complexity index is 1480. The van der Waals surface area contributed by atoms with Crippen molar-refractivity contribution in [2.24, 2.45) is 21.5 Å². The lowest BCUT2D eigenvalue weighted by Gasteiger charge is -2.09. The van der Waals surface area contributed by atoms with Gasteiger partial charge in [0, 0.05) is 34.2 Å². The molecule has 0 spiro atoms. The van der Waals surface area contributed by atoms with E-state index in [9.17, 15) is 0 Å². The second kappa shape index (κ2) is 17.4. The molecule has 4 aromatic rings. The molecule has 0 unspecified atom stereocenters. The first kappa shape index (κ1) is 35.5. The van der Waals surface area contributed by atoms with E-state index in [4.69, 9.17) is 25.4 Å². The maximum absolute atomic E-state index is 6.15. The van der Waals surface area contributed by atoms with Gasteiger partial charge in [0.15, 0.2) is 0 Å². The first-order valence-electron chi connectivity index (χ1n) is 14.5. The van der Waals surface area contributed by atoms with Crippen LogP contribution in [0, 0.1) is 0 Å². The number of unbranched alkanes of at least 4 members (excludes halogenated alkanes) is 3. The molecule has 43 heavy (non-hydrogen) atoms. The summed E-state index contributed by atoms with van der Waals surface area (Å²) in [5, 5.41) is 0.993. The summed E-state index contributed by atoms with van der Waals surface area (Å²) in [6, 6.07) is 24.1. The molecule has 0 saturated heterocycles. The van der Waals surface area contributed by atoms with E-state index in [0.29, 0.717) is 24.9 Å². The van der Waals surface area contributed by atoms with Crippen LogP contribution in [0.5, 0.6) is 11.5 Å². The topological polar surface area (TPSA) is 108 Å². The first-order valence-corrected chi connectivity index (χ1v) is 14.5. The molecule has 0 aliphatic heterocycles. The number of amidine groups is 2. The summed E-state index contributed by atoms with van der Waals surface area (Å²) in [6.45, 7) is 9.40. The summed E-state index contributed by atoms with van der Waals surface area (Å²) in [7, 11) is 0. The Kier molecular flexibility index (Phi) is 14.4. The van der Waals surface area contributed by atoms with Gasteiger partial charge in [0.05, 0.1) is 13.2 Å². The molecule has 9 heteroatoms. The maximum Gasteiger partial charge on any atom is 0.135 e. The zero-order valence-electron chi connectivity index (χ0n) is 25.4. The molecule has 1 aromatic heterocycles. The van der Waals surface area contributed by atoms with Gasteiger partial charge in [0.25, 0.3) is 0 Å². The monoisotopic (exact) mass is 626 g/mol. The highest BCUT2D eigenvalue weighted by Crippen LogP contribution is 2.30. The number of hydrogen-bond donors (Lipinski definition) is 2. The van der Waals surface area contributed by atoms with E-state index in [1.54, 1.807) is 0 Å². The largest absolute Gasteiger partial charge is 0.494 e. The Labute approximate surface area is 267 Å². The molecule has 0 saturated carbocycles. The lowest BCUT2D eigenvalue weighted by atomic mass is 10.1. The van der Waals surface area contributed by atoms with E-state index in [1.807, 2.05) is 100 Å². The second-order valence-electron chi connectivity index (χ2n) is 10.7. The molecule has 1 heterocycles. The molecule has 232 valence electrons. The van der Waals surface area contributed by atoms with Crippen LogP contribution in [0.3, 0.4) is 0 Å². The van der Waals surface area contributed by atoms with E-state index in [-0.39, 0.29) is 36.9 Å². The number of aliphatic imine (C=N–C) groups is 2. The fourth-order valence-corrected chi connectivity index (χ4v) is 4.45. The molecular formula is C34H44Cl2N4O3. The Morgan fingerprint density at radius 1 is 0.674 bits per heavy atom. The first-order chi connectivity index (χ1) is 19.8. The Morgan fingerprint density at radius 3 is 1.88 bits per heavy atom. The van der Waals surface area contributed by atoms with Crippen LogP contribution < -0.4 is 20.9 Å². The van der Waals surface area contributed by atoms with Crippen LogP contribution in [0.4, 0.5) is 0 Å². The molecule has 0 bridgehead atoms. The zero-order valence-corrected chi connectivity index (χ0v) is 27.0. The lowest BCUT2D eigenvalue weighted by Crippen LogP contribution is -2.15. The lowest BCUT2D eigenvalue weighted by molar-refractivity contribution is 0.287. The van der Waals surface area contributed by atoms with Crippen molar-refractivity contribution in [2.75, 3.05) is 13.2 Å². The number of nitrogens with zero attached hydrogens (tertiary/aromatic N) is 2. The fourth-order valence-electron chi connectivity index (χ4n) is 4.45. The van der Waals surface area contributed by atoms with Crippen molar-refractivity contribution in [1.82, 2.24) is 0 Å². The highest BCUT2D eigenvalue weighted by atomic mass is 35.5. The Hall–Kier alpha value is -3.68. The molecule has 3 aromatic carbocycles. The number of halogens is 2. The number of fused-ring (bicyclic) bond motifs is 1. The van der Waals surface area contributed by atoms with Crippen LogP contribution in [-0.2, 0) is 0 Å². The van der Waals surface area contributed by atoms with Crippen molar-refractivity contribution >= 4 is 47.5 Å². The molecule has 0 radical (unpaired) electrons. The summed E-state index contributed by atoms with van der Waals surface area (Å²) in [6.07, 6.45) is 4.15. The van der Waals surface area contributed by atoms with Gasteiger partial charge in [-0.1, -0.05) is 12.1 Å². The van der Waals surface area contributed by atoms with Crippen molar-refractivity contribution in [1.29, 1.82) is 0 Å². The molecule has 0 aliphatic rings. The van der Waals surface area contributed by atoms with Crippen molar-refractivity contribution < 1.29 is 13.9 Å². The summed E-state index contributed by atoms with van der Waals surface area (Å²) in [5.41, 5.74) is 15.8. The van der Waals surface area contributed by atoms with Crippen LogP contribution in [0.2, 0.25) is 0 Å². The average molecular weight is 628 g/mol. The van der Waals surface area contributed by atoms with Gasteiger partial charge in [-0.05, 0) is 114 Å². The van der Waals surface area contributed by atoms with E-state index >= 15 is 0 Å². The number of benzene rings is 3. The van der Waals surface area contributed by atoms with Crippen LogP contribution in [0.1, 0.15) is 64.5 Å². The van der Waals surface area contributed by atoms with E-state index < -0.39 is 0 Å². The number of rotatable bonds is 14. The number of hydrogen-bond acceptors (Lipinski definition) is 5. The van der Waals surface area contributed by atoms with Crippen LogP contribution in [0.15, 0.2) is 87.2 Å². The van der Waals surface area contributed by atoms with E-state index in [0.717, 1.165) is 70.6 Å². The van der Waals surface area contributed by atoms with Gasteiger partial charge in [0.1, 0.15) is 34.5 Å². The minimum Gasteiger partial charge on any atom is -0.494 e. The Balaban J connectivity index is 0.00000323. The maximum atomic E-state index is 6.15.